The maximum Gasteiger partial charge on any atom is 0.251 e. The predicted molar refractivity (Wildman–Crippen MR) is 94.5 cm³/mol. The Labute approximate surface area is 146 Å². The van der Waals surface area contributed by atoms with Crippen LogP contribution in [0.4, 0.5) is 5.82 Å². The number of methoxy groups -OCH3 is 1. The third-order valence-corrected chi connectivity index (χ3v) is 4.25. The molecular weight excluding hydrogens is 320 g/mol. The summed E-state index contributed by atoms with van der Waals surface area (Å²) in [6, 6.07) is 3.72. The van der Waals surface area contributed by atoms with Crippen molar-refractivity contribution < 1.29 is 4.74 Å². The number of anilines is 1. The zero-order valence-corrected chi connectivity index (χ0v) is 14.6. The van der Waals surface area contributed by atoms with Crippen molar-refractivity contribution in [2.45, 2.75) is 44.8 Å². The molecule has 134 valence electrons. The minimum Gasteiger partial charge on any atom is -0.377 e. The number of hydrogen-bond donors (Lipinski definition) is 3. The van der Waals surface area contributed by atoms with Crippen molar-refractivity contribution >= 4 is 5.82 Å². The number of aryl methyl sites for hydroxylation is 1. The van der Waals surface area contributed by atoms with Crippen LogP contribution in [0.1, 0.15) is 41.8 Å². The van der Waals surface area contributed by atoms with Crippen molar-refractivity contribution in [3.8, 4) is 0 Å². The minimum absolute atomic E-state index is 0.129. The van der Waals surface area contributed by atoms with E-state index in [1.807, 2.05) is 13.0 Å². The van der Waals surface area contributed by atoms with Crippen LogP contribution in [0.2, 0.25) is 0 Å². The van der Waals surface area contributed by atoms with Crippen molar-refractivity contribution in [3.63, 3.8) is 0 Å². The lowest BCUT2D eigenvalue weighted by molar-refractivity contribution is 0.177. The number of nitrogens with zero attached hydrogens (tertiary/aromatic N) is 3. The van der Waals surface area contributed by atoms with Gasteiger partial charge in [0.05, 0.1) is 0 Å². The fourth-order valence-corrected chi connectivity index (χ4v) is 2.98. The summed E-state index contributed by atoms with van der Waals surface area (Å²) < 4.78 is 5.16. The van der Waals surface area contributed by atoms with Crippen molar-refractivity contribution in [1.82, 2.24) is 19.9 Å². The summed E-state index contributed by atoms with van der Waals surface area (Å²) in [4.78, 5) is 27.6. The molecule has 0 unspecified atom stereocenters. The van der Waals surface area contributed by atoms with E-state index in [1.165, 1.54) is 6.07 Å². The van der Waals surface area contributed by atoms with E-state index in [9.17, 15) is 4.79 Å². The molecule has 2 heterocycles. The van der Waals surface area contributed by atoms with Gasteiger partial charge in [0.2, 0.25) is 0 Å². The molecular formula is C17H24N6O2. The maximum absolute atomic E-state index is 11.5. The third kappa shape index (κ3) is 4.61. The normalized spacial score (nSPS) is 19.5. The van der Waals surface area contributed by atoms with Gasteiger partial charge in [-0.05, 0) is 19.8 Å². The Morgan fingerprint density at radius 1 is 1.32 bits per heavy atom. The van der Waals surface area contributed by atoms with Gasteiger partial charge in [0.1, 0.15) is 18.2 Å². The Bertz CT molecular complexity index is 785. The molecule has 2 aromatic rings. The minimum atomic E-state index is -0.129. The van der Waals surface area contributed by atoms with Gasteiger partial charge in [-0.2, -0.15) is 0 Å². The number of ether oxygens (including phenoxy) is 1. The average molecular weight is 344 g/mol. The first-order valence-corrected chi connectivity index (χ1v) is 8.46. The first kappa shape index (κ1) is 17.5. The molecule has 0 saturated heterocycles. The Morgan fingerprint density at radius 2 is 2.12 bits per heavy atom. The van der Waals surface area contributed by atoms with E-state index in [1.54, 1.807) is 7.11 Å². The second-order valence-corrected chi connectivity index (χ2v) is 6.47. The van der Waals surface area contributed by atoms with Gasteiger partial charge in [-0.25, -0.2) is 15.0 Å². The van der Waals surface area contributed by atoms with E-state index >= 15 is 0 Å². The SMILES string of the molecule is COCc1nc(NCCc2nc(C)cc(=O)[nH]2)cc(C2CC(N)C2)n1. The van der Waals surface area contributed by atoms with Crippen molar-refractivity contribution in [3.05, 3.63) is 45.5 Å². The summed E-state index contributed by atoms with van der Waals surface area (Å²) in [5.41, 5.74) is 7.48. The number of rotatable bonds is 7. The fourth-order valence-electron chi connectivity index (χ4n) is 2.98. The highest BCUT2D eigenvalue weighted by Gasteiger charge is 2.29. The van der Waals surface area contributed by atoms with Crippen LogP contribution in [0.5, 0.6) is 0 Å². The molecule has 1 saturated carbocycles. The van der Waals surface area contributed by atoms with E-state index in [-0.39, 0.29) is 11.6 Å². The summed E-state index contributed by atoms with van der Waals surface area (Å²) in [5, 5.41) is 3.29. The van der Waals surface area contributed by atoms with Gasteiger partial charge in [-0.15, -0.1) is 0 Å². The quantitative estimate of drug-likeness (QED) is 0.682. The molecule has 25 heavy (non-hydrogen) atoms. The standard InChI is InChI=1S/C17H24N6O2/c1-10-5-17(24)23-14(20-10)3-4-19-15-8-13(11-6-12(18)7-11)21-16(22-15)9-25-2/h5,8,11-12H,3-4,6-7,9,18H2,1-2H3,(H,19,21,22)(H,20,23,24). The molecule has 3 rings (SSSR count). The molecule has 2 aromatic heterocycles. The molecule has 0 amide bonds. The molecule has 0 aliphatic heterocycles. The van der Waals surface area contributed by atoms with Gasteiger partial charge in [0.15, 0.2) is 5.82 Å². The molecule has 8 nitrogen and oxygen atoms in total. The van der Waals surface area contributed by atoms with Crippen LogP contribution in [0.25, 0.3) is 0 Å². The second kappa shape index (κ2) is 7.71. The molecule has 0 atom stereocenters. The van der Waals surface area contributed by atoms with Gasteiger partial charge in [0.25, 0.3) is 5.56 Å². The lowest BCUT2D eigenvalue weighted by atomic mass is 9.78. The van der Waals surface area contributed by atoms with Crippen LogP contribution in [-0.4, -0.2) is 39.6 Å². The number of nitrogens with one attached hydrogen (secondary N) is 2. The van der Waals surface area contributed by atoms with Crippen LogP contribution < -0.4 is 16.6 Å². The number of aromatic amines is 1. The molecule has 8 heteroatoms. The number of aromatic nitrogens is 4. The Kier molecular flexibility index (Phi) is 5.40. The van der Waals surface area contributed by atoms with Crippen LogP contribution in [0, 0.1) is 6.92 Å². The summed E-state index contributed by atoms with van der Waals surface area (Å²) >= 11 is 0. The van der Waals surface area contributed by atoms with Crippen LogP contribution in [0.15, 0.2) is 16.9 Å². The van der Waals surface area contributed by atoms with Gasteiger partial charge in [0, 0.05) is 55.6 Å². The highest BCUT2D eigenvalue weighted by atomic mass is 16.5. The fraction of sp³-hybridized carbons (Fsp3) is 0.529. The smallest absolute Gasteiger partial charge is 0.251 e. The van der Waals surface area contributed by atoms with Crippen molar-refractivity contribution in [2.24, 2.45) is 5.73 Å². The number of hydrogen-bond acceptors (Lipinski definition) is 7. The topological polar surface area (TPSA) is 119 Å². The average Bonchev–Trinajstić information content (AvgIpc) is 2.51. The molecule has 0 spiro atoms. The molecule has 0 bridgehead atoms. The highest BCUT2D eigenvalue weighted by molar-refractivity contribution is 5.38. The Balaban J connectivity index is 1.67. The molecule has 0 aromatic carbocycles. The van der Waals surface area contributed by atoms with Crippen LogP contribution >= 0.6 is 0 Å². The summed E-state index contributed by atoms with van der Waals surface area (Å²) in [7, 11) is 1.63. The summed E-state index contributed by atoms with van der Waals surface area (Å²) in [6.45, 7) is 2.79. The lowest BCUT2D eigenvalue weighted by Gasteiger charge is -2.32. The number of H-pyrrole nitrogens is 1. The predicted octanol–water partition coefficient (Wildman–Crippen LogP) is 0.874. The van der Waals surface area contributed by atoms with Crippen LogP contribution in [-0.2, 0) is 17.8 Å². The van der Waals surface area contributed by atoms with Gasteiger partial charge < -0.3 is 20.8 Å². The monoisotopic (exact) mass is 344 g/mol. The Morgan fingerprint density at radius 3 is 2.80 bits per heavy atom. The summed E-state index contributed by atoms with van der Waals surface area (Å²) in [5.74, 6) is 2.47. The van der Waals surface area contributed by atoms with Gasteiger partial charge in [-0.1, -0.05) is 0 Å². The van der Waals surface area contributed by atoms with E-state index in [0.29, 0.717) is 42.8 Å². The lowest BCUT2D eigenvalue weighted by Crippen LogP contribution is -2.35. The van der Waals surface area contributed by atoms with E-state index in [4.69, 9.17) is 10.5 Å². The first-order chi connectivity index (χ1) is 12.0. The molecule has 4 N–H and O–H groups in total. The van der Waals surface area contributed by atoms with Crippen molar-refractivity contribution in [1.29, 1.82) is 0 Å². The molecule has 0 radical (unpaired) electrons. The largest absolute Gasteiger partial charge is 0.377 e. The highest BCUT2D eigenvalue weighted by Crippen LogP contribution is 2.35. The van der Waals surface area contributed by atoms with E-state index < -0.39 is 0 Å². The third-order valence-electron chi connectivity index (χ3n) is 4.25. The summed E-state index contributed by atoms with van der Waals surface area (Å²) in [6.07, 6.45) is 2.51. The van der Waals surface area contributed by atoms with Gasteiger partial charge >= 0.3 is 0 Å². The van der Waals surface area contributed by atoms with E-state index in [2.05, 4.69) is 25.3 Å². The zero-order chi connectivity index (χ0) is 17.8. The zero-order valence-electron chi connectivity index (χ0n) is 14.6. The van der Waals surface area contributed by atoms with E-state index in [0.717, 1.165) is 24.4 Å². The van der Waals surface area contributed by atoms with Crippen LogP contribution in [0.3, 0.4) is 0 Å². The maximum atomic E-state index is 11.5. The van der Waals surface area contributed by atoms with Crippen molar-refractivity contribution in [2.75, 3.05) is 19.0 Å². The number of nitrogens with two attached hydrogens (primary N) is 1. The molecule has 1 aliphatic rings. The second-order valence-electron chi connectivity index (χ2n) is 6.47. The Hall–Kier alpha value is -2.32. The van der Waals surface area contributed by atoms with Gasteiger partial charge in [-0.3, -0.25) is 4.79 Å². The molecule has 1 aliphatic carbocycles. The first-order valence-electron chi connectivity index (χ1n) is 8.46. The molecule has 1 fully saturated rings.